The molecule has 11 heavy (non-hydrogen) atoms. The third-order valence-electron chi connectivity index (χ3n) is 1.25. The SMILES string of the molecule is C/C(=C\CC(C)(C)O)C(=O)O. The topological polar surface area (TPSA) is 57.5 Å². The van der Waals surface area contributed by atoms with Crippen LogP contribution < -0.4 is 0 Å². The molecule has 0 heterocycles. The van der Waals surface area contributed by atoms with Gasteiger partial charge in [0.05, 0.1) is 5.60 Å². The molecule has 0 saturated heterocycles. The van der Waals surface area contributed by atoms with Crippen LogP contribution in [0.25, 0.3) is 0 Å². The van der Waals surface area contributed by atoms with E-state index in [-0.39, 0.29) is 5.57 Å². The van der Waals surface area contributed by atoms with Crippen LogP contribution in [0.2, 0.25) is 0 Å². The van der Waals surface area contributed by atoms with E-state index in [1.165, 1.54) is 13.0 Å². The fraction of sp³-hybridized carbons (Fsp3) is 0.625. The zero-order valence-corrected chi connectivity index (χ0v) is 7.09. The number of carboxylic acids is 1. The van der Waals surface area contributed by atoms with Gasteiger partial charge in [-0.05, 0) is 27.2 Å². The van der Waals surface area contributed by atoms with Gasteiger partial charge < -0.3 is 10.2 Å². The molecule has 0 saturated carbocycles. The van der Waals surface area contributed by atoms with Gasteiger partial charge in [0.2, 0.25) is 0 Å². The van der Waals surface area contributed by atoms with Crippen LogP contribution in [0.15, 0.2) is 11.6 Å². The van der Waals surface area contributed by atoms with Crippen molar-refractivity contribution in [3.05, 3.63) is 11.6 Å². The molecule has 2 N–H and O–H groups in total. The van der Waals surface area contributed by atoms with Gasteiger partial charge in [-0.25, -0.2) is 4.79 Å². The molecule has 0 aromatic rings. The molecule has 0 spiro atoms. The van der Waals surface area contributed by atoms with E-state index in [1.807, 2.05) is 0 Å². The molecule has 0 atom stereocenters. The van der Waals surface area contributed by atoms with Crippen molar-refractivity contribution in [2.75, 3.05) is 0 Å². The van der Waals surface area contributed by atoms with Crippen LogP contribution in [-0.4, -0.2) is 21.8 Å². The normalized spacial score (nSPS) is 13.3. The summed E-state index contributed by atoms with van der Waals surface area (Å²) in [5, 5.41) is 17.6. The third kappa shape index (κ3) is 5.61. The zero-order valence-electron chi connectivity index (χ0n) is 7.09. The van der Waals surface area contributed by atoms with Crippen LogP contribution in [0.1, 0.15) is 27.2 Å². The second-order valence-corrected chi connectivity index (χ2v) is 3.21. The molecule has 0 unspecified atom stereocenters. The molecule has 0 rings (SSSR count). The highest BCUT2D eigenvalue weighted by atomic mass is 16.4. The fourth-order valence-electron chi connectivity index (χ4n) is 0.490. The molecule has 0 amide bonds. The molecular formula is C8H14O3. The Balaban J connectivity index is 4.04. The molecule has 3 heteroatoms. The van der Waals surface area contributed by atoms with Crippen LogP contribution in [0.4, 0.5) is 0 Å². The lowest BCUT2D eigenvalue weighted by atomic mass is 10.0. The predicted octanol–water partition coefficient (Wildman–Crippen LogP) is 1.18. The summed E-state index contributed by atoms with van der Waals surface area (Å²) in [5.41, 5.74) is -0.552. The number of carboxylic acid groups (broad SMARTS) is 1. The smallest absolute Gasteiger partial charge is 0.330 e. The minimum atomic E-state index is -0.936. The Morgan fingerprint density at radius 2 is 2.00 bits per heavy atom. The Hall–Kier alpha value is -0.830. The van der Waals surface area contributed by atoms with Crippen molar-refractivity contribution in [3.63, 3.8) is 0 Å². The highest BCUT2D eigenvalue weighted by Crippen LogP contribution is 2.09. The van der Waals surface area contributed by atoms with Crippen LogP contribution >= 0.6 is 0 Å². The summed E-state index contributed by atoms with van der Waals surface area (Å²) < 4.78 is 0. The molecule has 0 aromatic heterocycles. The van der Waals surface area contributed by atoms with Crippen LogP contribution in [-0.2, 0) is 4.79 Å². The summed E-state index contributed by atoms with van der Waals surface area (Å²) in [4.78, 5) is 10.3. The Labute approximate surface area is 66.4 Å². The highest BCUT2D eigenvalue weighted by Gasteiger charge is 2.10. The summed E-state index contributed by atoms with van der Waals surface area (Å²) in [5.74, 6) is -0.936. The van der Waals surface area contributed by atoms with E-state index in [9.17, 15) is 9.90 Å². The Bertz CT molecular complexity index is 174. The second kappa shape index (κ2) is 3.53. The lowest BCUT2D eigenvalue weighted by Gasteiger charge is -2.13. The standard InChI is InChI=1S/C8H14O3/c1-6(7(9)10)4-5-8(2,3)11/h4,11H,5H2,1-3H3,(H,9,10)/b6-4+. The number of carbonyl (C=O) groups is 1. The quantitative estimate of drug-likeness (QED) is 0.606. The average Bonchev–Trinajstić information content (AvgIpc) is 1.80. The highest BCUT2D eigenvalue weighted by molar-refractivity contribution is 5.85. The van der Waals surface area contributed by atoms with E-state index < -0.39 is 11.6 Å². The van der Waals surface area contributed by atoms with Gasteiger partial charge in [-0.3, -0.25) is 0 Å². The van der Waals surface area contributed by atoms with Gasteiger partial charge >= 0.3 is 5.97 Å². The van der Waals surface area contributed by atoms with Gasteiger partial charge in [-0.15, -0.1) is 0 Å². The maximum Gasteiger partial charge on any atom is 0.330 e. The van der Waals surface area contributed by atoms with E-state index in [0.717, 1.165) is 0 Å². The number of aliphatic carboxylic acids is 1. The minimum absolute atomic E-state index is 0.270. The molecule has 0 radical (unpaired) electrons. The van der Waals surface area contributed by atoms with E-state index in [1.54, 1.807) is 13.8 Å². The maximum absolute atomic E-state index is 10.3. The second-order valence-electron chi connectivity index (χ2n) is 3.21. The van der Waals surface area contributed by atoms with Crippen molar-refractivity contribution in [2.24, 2.45) is 0 Å². The summed E-state index contributed by atoms with van der Waals surface area (Å²) in [6.45, 7) is 4.78. The molecule has 0 aliphatic carbocycles. The van der Waals surface area contributed by atoms with E-state index >= 15 is 0 Å². The Morgan fingerprint density at radius 1 is 1.55 bits per heavy atom. The van der Waals surface area contributed by atoms with Gasteiger partial charge in [-0.1, -0.05) is 6.08 Å². The molecule has 3 nitrogen and oxygen atoms in total. The van der Waals surface area contributed by atoms with Crippen molar-refractivity contribution in [3.8, 4) is 0 Å². The van der Waals surface area contributed by atoms with Gasteiger partial charge in [0.25, 0.3) is 0 Å². The number of rotatable bonds is 3. The van der Waals surface area contributed by atoms with Gasteiger partial charge in [0, 0.05) is 5.57 Å². The molecule has 0 aliphatic heterocycles. The van der Waals surface area contributed by atoms with Crippen molar-refractivity contribution in [1.29, 1.82) is 0 Å². The first-order valence-corrected chi connectivity index (χ1v) is 3.45. The van der Waals surface area contributed by atoms with Crippen LogP contribution in [0.5, 0.6) is 0 Å². The Kier molecular flexibility index (Phi) is 3.26. The van der Waals surface area contributed by atoms with Gasteiger partial charge in [-0.2, -0.15) is 0 Å². The monoisotopic (exact) mass is 158 g/mol. The maximum atomic E-state index is 10.3. The van der Waals surface area contributed by atoms with Crippen molar-refractivity contribution in [2.45, 2.75) is 32.8 Å². The number of hydrogen-bond acceptors (Lipinski definition) is 2. The van der Waals surface area contributed by atoms with E-state index in [4.69, 9.17) is 5.11 Å². The lowest BCUT2D eigenvalue weighted by molar-refractivity contribution is -0.132. The largest absolute Gasteiger partial charge is 0.478 e. The number of aliphatic hydroxyl groups is 1. The first kappa shape index (κ1) is 10.2. The first-order valence-electron chi connectivity index (χ1n) is 3.45. The molecular weight excluding hydrogens is 144 g/mol. The van der Waals surface area contributed by atoms with Crippen molar-refractivity contribution in [1.82, 2.24) is 0 Å². The fourth-order valence-corrected chi connectivity index (χ4v) is 0.490. The van der Waals surface area contributed by atoms with Gasteiger partial charge in [0.1, 0.15) is 0 Å². The third-order valence-corrected chi connectivity index (χ3v) is 1.25. The predicted molar refractivity (Wildman–Crippen MR) is 42.3 cm³/mol. The molecule has 0 bridgehead atoms. The van der Waals surface area contributed by atoms with E-state index in [2.05, 4.69) is 0 Å². The lowest BCUT2D eigenvalue weighted by Crippen LogP contribution is -2.17. The van der Waals surface area contributed by atoms with Crippen molar-refractivity contribution < 1.29 is 15.0 Å². The molecule has 0 aromatic carbocycles. The number of hydrogen-bond donors (Lipinski definition) is 2. The summed E-state index contributed by atoms with van der Waals surface area (Å²) >= 11 is 0. The average molecular weight is 158 g/mol. The Morgan fingerprint density at radius 3 is 2.27 bits per heavy atom. The summed E-state index contributed by atoms with van der Waals surface area (Å²) in [6.07, 6.45) is 1.88. The molecule has 0 fully saturated rings. The molecule has 0 aliphatic rings. The first-order chi connectivity index (χ1) is 4.83. The summed E-state index contributed by atoms with van der Waals surface area (Å²) in [6, 6.07) is 0. The van der Waals surface area contributed by atoms with Crippen LogP contribution in [0.3, 0.4) is 0 Å². The van der Waals surface area contributed by atoms with Gasteiger partial charge in [0.15, 0.2) is 0 Å². The van der Waals surface area contributed by atoms with Crippen LogP contribution in [0, 0.1) is 0 Å². The summed E-state index contributed by atoms with van der Waals surface area (Å²) in [7, 11) is 0. The zero-order chi connectivity index (χ0) is 9.07. The minimum Gasteiger partial charge on any atom is -0.478 e. The van der Waals surface area contributed by atoms with Crippen molar-refractivity contribution >= 4 is 5.97 Å². The molecule has 64 valence electrons. The van der Waals surface area contributed by atoms with E-state index in [0.29, 0.717) is 6.42 Å².